The van der Waals surface area contributed by atoms with Gasteiger partial charge in [-0.25, -0.2) is 9.97 Å². The Labute approximate surface area is 107 Å². The van der Waals surface area contributed by atoms with Crippen molar-refractivity contribution in [1.82, 2.24) is 9.97 Å². The molecule has 0 saturated heterocycles. The van der Waals surface area contributed by atoms with Crippen molar-refractivity contribution in [3.8, 4) is 11.4 Å². The van der Waals surface area contributed by atoms with Crippen LogP contribution >= 0.6 is 0 Å². The van der Waals surface area contributed by atoms with Crippen molar-refractivity contribution in [2.75, 3.05) is 12.8 Å². The molecule has 0 amide bonds. The number of aromatic nitrogens is 2. The predicted octanol–water partition coefficient (Wildman–Crippen LogP) is 2.43. The van der Waals surface area contributed by atoms with E-state index in [1.807, 2.05) is 37.3 Å². The molecule has 0 aliphatic rings. The number of rotatable bonds is 4. The Morgan fingerprint density at radius 1 is 1.22 bits per heavy atom. The summed E-state index contributed by atoms with van der Waals surface area (Å²) in [6.07, 6.45) is 0.839. The molecule has 1 aromatic carbocycles. The second kappa shape index (κ2) is 5.60. The fourth-order valence-corrected chi connectivity index (χ4v) is 1.84. The van der Waals surface area contributed by atoms with E-state index < -0.39 is 0 Å². The summed E-state index contributed by atoms with van der Waals surface area (Å²) in [5, 5.41) is 0. The molecule has 2 rings (SSSR count). The fraction of sp³-hybridized carbons (Fsp3) is 0.286. The standard InChI is InChI=1S/C14H17N3O/c1-3-11-8-13(15)17-14(16-11)12-7-5-4-6-10(12)9-18-2/h4-8H,3,9H2,1-2H3,(H2,15,16,17). The quantitative estimate of drug-likeness (QED) is 0.896. The van der Waals surface area contributed by atoms with Gasteiger partial charge < -0.3 is 10.5 Å². The molecule has 2 aromatic rings. The summed E-state index contributed by atoms with van der Waals surface area (Å²) >= 11 is 0. The minimum atomic E-state index is 0.504. The third-order valence-corrected chi connectivity index (χ3v) is 2.72. The second-order valence-corrected chi connectivity index (χ2v) is 4.05. The number of anilines is 1. The van der Waals surface area contributed by atoms with E-state index in [4.69, 9.17) is 10.5 Å². The molecular formula is C14H17N3O. The largest absolute Gasteiger partial charge is 0.384 e. The summed E-state index contributed by atoms with van der Waals surface area (Å²) in [5.41, 5.74) is 8.80. The first-order valence-corrected chi connectivity index (χ1v) is 5.95. The van der Waals surface area contributed by atoms with Gasteiger partial charge in [0.1, 0.15) is 5.82 Å². The van der Waals surface area contributed by atoms with E-state index in [-0.39, 0.29) is 0 Å². The molecule has 0 fully saturated rings. The van der Waals surface area contributed by atoms with Crippen LogP contribution in [0.1, 0.15) is 18.2 Å². The van der Waals surface area contributed by atoms with Gasteiger partial charge in [-0.3, -0.25) is 0 Å². The Morgan fingerprint density at radius 2 is 2.00 bits per heavy atom. The molecule has 0 aliphatic carbocycles. The van der Waals surface area contributed by atoms with Crippen molar-refractivity contribution >= 4 is 5.82 Å². The Kier molecular flexibility index (Phi) is 3.89. The number of hydrogen-bond donors (Lipinski definition) is 1. The third kappa shape index (κ3) is 2.65. The molecule has 2 N–H and O–H groups in total. The molecule has 0 spiro atoms. The molecule has 1 heterocycles. The van der Waals surface area contributed by atoms with Crippen molar-refractivity contribution in [2.24, 2.45) is 0 Å². The lowest BCUT2D eigenvalue weighted by Gasteiger charge is -2.09. The van der Waals surface area contributed by atoms with Crippen molar-refractivity contribution < 1.29 is 4.74 Å². The minimum Gasteiger partial charge on any atom is -0.384 e. The molecular weight excluding hydrogens is 226 g/mol. The number of nitrogen functional groups attached to an aromatic ring is 1. The number of benzene rings is 1. The van der Waals surface area contributed by atoms with Gasteiger partial charge in [0, 0.05) is 24.4 Å². The van der Waals surface area contributed by atoms with Crippen LogP contribution in [-0.4, -0.2) is 17.1 Å². The van der Waals surface area contributed by atoms with Crippen molar-refractivity contribution in [3.05, 3.63) is 41.6 Å². The summed E-state index contributed by atoms with van der Waals surface area (Å²) < 4.78 is 5.19. The molecule has 0 unspecified atom stereocenters. The summed E-state index contributed by atoms with van der Waals surface area (Å²) in [7, 11) is 1.68. The minimum absolute atomic E-state index is 0.504. The highest BCUT2D eigenvalue weighted by atomic mass is 16.5. The van der Waals surface area contributed by atoms with Gasteiger partial charge in [-0.1, -0.05) is 31.2 Å². The van der Waals surface area contributed by atoms with Gasteiger partial charge in [0.05, 0.1) is 6.61 Å². The molecule has 0 aliphatic heterocycles. The highest BCUT2D eigenvalue weighted by molar-refractivity contribution is 5.61. The van der Waals surface area contributed by atoms with Gasteiger partial charge in [-0.15, -0.1) is 0 Å². The first-order valence-electron chi connectivity index (χ1n) is 5.95. The van der Waals surface area contributed by atoms with Gasteiger partial charge in [0.25, 0.3) is 0 Å². The zero-order valence-electron chi connectivity index (χ0n) is 10.7. The van der Waals surface area contributed by atoms with Crippen LogP contribution < -0.4 is 5.73 Å². The lowest BCUT2D eigenvalue weighted by molar-refractivity contribution is 0.185. The van der Waals surface area contributed by atoms with Gasteiger partial charge >= 0.3 is 0 Å². The van der Waals surface area contributed by atoms with Crippen LogP contribution in [0.3, 0.4) is 0 Å². The average molecular weight is 243 g/mol. The van der Waals surface area contributed by atoms with Crippen LogP contribution in [0.5, 0.6) is 0 Å². The first-order chi connectivity index (χ1) is 8.74. The molecule has 4 heteroatoms. The van der Waals surface area contributed by atoms with E-state index in [9.17, 15) is 0 Å². The monoisotopic (exact) mass is 243 g/mol. The van der Waals surface area contributed by atoms with Crippen molar-refractivity contribution in [2.45, 2.75) is 20.0 Å². The highest BCUT2D eigenvalue weighted by Crippen LogP contribution is 2.22. The van der Waals surface area contributed by atoms with Crippen LogP contribution in [-0.2, 0) is 17.8 Å². The van der Waals surface area contributed by atoms with Gasteiger partial charge in [-0.2, -0.15) is 0 Å². The van der Waals surface area contributed by atoms with E-state index in [2.05, 4.69) is 9.97 Å². The van der Waals surface area contributed by atoms with Crippen LogP contribution in [0.15, 0.2) is 30.3 Å². The Balaban J connectivity index is 2.50. The third-order valence-electron chi connectivity index (χ3n) is 2.72. The number of nitrogens with zero attached hydrogens (tertiary/aromatic N) is 2. The zero-order chi connectivity index (χ0) is 13.0. The number of ether oxygens (including phenoxy) is 1. The van der Waals surface area contributed by atoms with Crippen LogP contribution in [0.4, 0.5) is 5.82 Å². The number of aryl methyl sites for hydroxylation is 1. The summed E-state index contributed by atoms with van der Waals surface area (Å²) in [6, 6.07) is 9.75. The Hall–Kier alpha value is -1.94. The fourth-order valence-electron chi connectivity index (χ4n) is 1.84. The second-order valence-electron chi connectivity index (χ2n) is 4.05. The highest BCUT2D eigenvalue weighted by Gasteiger charge is 2.09. The SMILES string of the molecule is CCc1cc(N)nc(-c2ccccc2COC)n1. The summed E-state index contributed by atoms with van der Waals surface area (Å²) in [5.74, 6) is 1.17. The molecule has 18 heavy (non-hydrogen) atoms. The van der Waals surface area contributed by atoms with E-state index in [1.165, 1.54) is 0 Å². The first kappa shape index (κ1) is 12.5. The maximum absolute atomic E-state index is 5.81. The van der Waals surface area contributed by atoms with Crippen LogP contribution in [0, 0.1) is 0 Å². The molecule has 0 radical (unpaired) electrons. The van der Waals surface area contributed by atoms with E-state index in [0.29, 0.717) is 18.2 Å². The Bertz CT molecular complexity index is 540. The topological polar surface area (TPSA) is 61.0 Å². The maximum atomic E-state index is 5.81. The lowest BCUT2D eigenvalue weighted by Crippen LogP contribution is -2.01. The zero-order valence-corrected chi connectivity index (χ0v) is 10.7. The van der Waals surface area contributed by atoms with E-state index in [1.54, 1.807) is 7.11 Å². The molecule has 1 aromatic heterocycles. The molecule has 0 saturated carbocycles. The van der Waals surface area contributed by atoms with E-state index in [0.717, 1.165) is 23.2 Å². The van der Waals surface area contributed by atoms with Crippen LogP contribution in [0.2, 0.25) is 0 Å². The predicted molar refractivity (Wildman–Crippen MR) is 72.0 cm³/mol. The molecule has 4 nitrogen and oxygen atoms in total. The van der Waals surface area contributed by atoms with Gasteiger partial charge in [0.2, 0.25) is 0 Å². The van der Waals surface area contributed by atoms with Crippen molar-refractivity contribution in [1.29, 1.82) is 0 Å². The molecule has 94 valence electrons. The molecule has 0 bridgehead atoms. The maximum Gasteiger partial charge on any atom is 0.162 e. The number of hydrogen-bond acceptors (Lipinski definition) is 4. The normalized spacial score (nSPS) is 10.6. The number of methoxy groups -OCH3 is 1. The van der Waals surface area contributed by atoms with Crippen LogP contribution in [0.25, 0.3) is 11.4 Å². The van der Waals surface area contributed by atoms with Gasteiger partial charge in [-0.05, 0) is 12.0 Å². The van der Waals surface area contributed by atoms with Crippen molar-refractivity contribution in [3.63, 3.8) is 0 Å². The van der Waals surface area contributed by atoms with E-state index >= 15 is 0 Å². The number of nitrogens with two attached hydrogens (primary N) is 1. The molecule has 0 atom stereocenters. The van der Waals surface area contributed by atoms with Gasteiger partial charge in [0.15, 0.2) is 5.82 Å². The summed E-state index contributed by atoms with van der Waals surface area (Å²) in [4.78, 5) is 8.82. The smallest absolute Gasteiger partial charge is 0.162 e. The summed E-state index contributed by atoms with van der Waals surface area (Å²) in [6.45, 7) is 2.59. The Morgan fingerprint density at radius 3 is 2.72 bits per heavy atom. The average Bonchev–Trinajstić information content (AvgIpc) is 2.39. The lowest BCUT2D eigenvalue weighted by atomic mass is 10.1.